The molecule has 0 spiro atoms. The monoisotopic (exact) mass is 223 g/mol. The summed E-state index contributed by atoms with van der Waals surface area (Å²) in [4.78, 5) is 13.8. The van der Waals surface area contributed by atoms with Crippen molar-refractivity contribution in [2.45, 2.75) is 6.42 Å². The lowest BCUT2D eigenvalue weighted by Crippen LogP contribution is -2.33. The molecule has 0 atom stereocenters. The van der Waals surface area contributed by atoms with Crippen molar-refractivity contribution in [3.8, 4) is 0 Å². The minimum absolute atomic E-state index is 0.0505. The fraction of sp³-hybridized carbons (Fsp3) is 0.417. The molecule has 1 amide bonds. The fourth-order valence-corrected chi connectivity index (χ4v) is 1.72. The van der Waals surface area contributed by atoms with Gasteiger partial charge >= 0.3 is 0 Å². The lowest BCUT2D eigenvalue weighted by Gasteiger charge is -2.19. The molecule has 3 nitrogen and oxygen atoms in total. The molecule has 1 aromatic rings. The summed E-state index contributed by atoms with van der Waals surface area (Å²) >= 11 is 0. The maximum absolute atomic E-state index is 12.7. The van der Waals surface area contributed by atoms with Crippen LogP contribution in [0.15, 0.2) is 24.3 Å². The Labute approximate surface area is 93.8 Å². The molecule has 0 radical (unpaired) electrons. The Morgan fingerprint density at radius 3 is 2.69 bits per heavy atom. The van der Waals surface area contributed by atoms with Crippen LogP contribution in [0.3, 0.4) is 0 Å². The number of rotatable bonds is 1. The number of hydrogen-bond donors (Lipinski definition) is 0. The number of benzene rings is 1. The van der Waals surface area contributed by atoms with Crippen LogP contribution in [-0.2, 0) is 4.74 Å². The molecule has 1 aliphatic heterocycles. The number of carbonyl (C=O) groups excluding carboxylic acids is 1. The molecule has 1 saturated heterocycles. The first-order valence-corrected chi connectivity index (χ1v) is 5.40. The second kappa shape index (κ2) is 5.07. The maximum Gasteiger partial charge on any atom is 0.253 e. The highest BCUT2D eigenvalue weighted by atomic mass is 19.1. The summed E-state index contributed by atoms with van der Waals surface area (Å²) in [5.74, 6) is -0.374. The zero-order valence-corrected chi connectivity index (χ0v) is 8.99. The SMILES string of the molecule is O=C(c1ccc(F)cc1)N1CCCOCC1. The van der Waals surface area contributed by atoms with E-state index in [4.69, 9.17) is 4.74 Å². The molecule has 0 unspecified atom stereocenters. The van der Waals surface area contributed by atoms with Crippen LogP contribution in [0.2, 0.25) is 0 Å². The molecule has 4 heteroatoms. The molecule has 0 saturated carbocycles. The van der Waals surface area contributed by atoms with Crippen molar-refractivity contribution in [1.82, 2.24) is 4.90 Å². The van der Waals surface area contributed by atoms with E-state index in [1.165, 1.54) is 24.3 Å². The van der Waals surface area contributed by atoms with Gasteiger partial charge in [0, 0.05) is 25.3 Å². The van der Waals surface area contributed by atoms with Crippen LogP contribution in [0, 0.1) is 5.82 Å². The van der Waals surface area contributed by atoms with Gasteiger partial charge in [-0.1, -0.05) is 0 Å². The van der Waals surface area contributed by atoms with E-state index in [-0.39, 0.29) is 11.7 Å². The predicted octanol–water partition coefficient (Wildman–Crippen LogP) is 1.69. The van der Waals surface area contributed by atoms with Gasteiger partial charge in [0.1, 0.15) is 5.82 Å². The van der Waals surface area contributed by atoms with Gasteiger partial charge in [-0.3, -0.25) is 4.79 Å². The van der Waals surface area contributed by atoms with Crippen LogP contribution in [0.5, 0.6) is 0 Å². The van der Waals surface area contributed by atoms with Crippen molar-refractivity contribution in [2.24, 2.45) is 0 Å². The van der Waals surface area contributed by atoms with Gasteiger partial charge in [-0.05, 0) is 30.7 Å². The summed E-state index contributed by atoms with van der Waals surface area (Å²) in [5, 5.41) is 0. The normalized spacial score (nSPS) is 16.9. The van der Waals surface area contributed by atoms with Crippen molar-refractivity contribution in [3.63, 3.8) is 0 Å². The number of hydrogen-bond acceptors (Lipinski definition) is 2. The summed E-state index contributed by atoms with van der Waals surface area (Å²) in [6.45, 7) is 2.59. The third-order valence-corrected chi connectivity index (χ3v) is 2.60. The number of ether oxygens (including phenoxy) is 1. The minimum atomic E-state index is -0.323. The Kier molecular flexibility index (Phi) is 3.51. The van der Waals surface area contributed by atoms with E-state index < -0.39 is 0 Å². The zero-order chi connectivity index (χ0) is 11.4. The average molecular weight is 223 g/mol. The number of halogens is 1. The largest absolute Gasteiger partial charge is 0.380 e. The lowest BCUT2D eigenvalue weighted by atomic mass is 10.2. The summed E-state index contributed by atoms with van der Waals surface area (Å²) in [7, 11) is 0. The summed E-state index contributed by atoms with van der Waals surface area (Å²) < 4.78 is 18.0. The molecule has 0 N–H and O–H groups in total. The number of carbonyl (C=O) groups is 1. The van der Waals surface area contributed by atoms with Gasteiger partial charge in [-0.15, -0.1) is 0 Å². The molecule has 0 aromatic heterocycles. The quantitative estimate of drug-likeness (QED) is 0.725. The molecule has 1 aliphatic rings. The predicted molar refractivity (Wildman–Crippen MR) is 57.7 cm³/mol. The molecular formula is C12H14FNO2. The van der Waals surface area contributed by atoms with E-state index in [2.05, 4.69) is 0 Å². The highest BCUT2D eigenvalue weighted by Crippen LogP contribution is 2.09. The molecule has 0 aliphatic carbocycles. The Morgan fingerprint density at radius 1 is 1.19 bits per heavy atom. The van der Waals surface area contributed by atoms with Gasteiger partial charge in [0.25, 0.3) is 5.91 Å². The van der Waals surface area contributed by atoms with Gasteiger partial charge in [0.2, 0.25) is 0 Å². The van der Waals surface area contributed by atoms with E-state index in [0.717, 1.165) is 6.42 Å². The zero-order valence-electron chi connectivity index (χ0n) is 8.99. The van der Waals surface area contributed by atoms with Gasteiger partial charge in [0.15, 0.2) is 0 Å². The van der Waals surface area contributed by atoms with Crippen molar-refractivity contribution in [2.75, 3.05) is 26.3 Å². The third kappa shape index (κ3) is 2.58. The Balaban J connectivity index is 2.08. The third-order valence-electron chi connectivity index (χ3n) is 2.60. The van der Waals surface area contributed by atoms with E-state index in [1.54, 1.807) is 4.90 Å². The molecule has 1 fully saturated rings. The average Bonchev–Trinajstić information content (AvgIpc) is 2.57. The minimum Gasteiger partial charge on any atom is -0.380 e. The van der Waals surface area contributed by atoms with Crippen molar-refractivity contribution in [3.05, 3.63) is 35.6 Å². The topological polar surface area (TPSA) is 29.5 Å². The highest BCUT2D eigenvalue weighted by Gasteiger charge is 2.17. The van der Waals surface area contributed by atoms with Crippen LogP contribution in [-0.4, -0.2) is 37.1 Å². The van der Waals surface area contributed by atoms with Gasteiger partial charge in [-0.2, -0.15) is 0 Å². The summed E-state index contributed by atoms with van der Waals surface area (Å²) in [6, 6.07) is 5.65. The second-order valence-corrected chi connectivity index (χ2v) is 3.77. The van der Waals surface area contributed by atoms with Crippen LogP contribution >= 0.6 is 0 Å². The first-order valence-electron chi connectivity index (χ1n) is 5.40. The van der Waals surface area contributed by atoms with Crippen molar-refractivity contribution >= 4 is 5.91 Å². The maximum atomic E-state index is 12.7. The highest BCUT2D eigenvalue weighted by molar-refractivity contribution is 5.94. The Hall–Kier alpha value is -1.42. The van der Waals surface area contributed by atoms with E-state index >= 15 is 0 Å². The standard InChI is InChI=1S/C12H14FNO2/c13-11-4-2-10(3-5-11)12(15)14-6-1-8-16-9-7-14/h2-5H,1,6-9H2. The number of amides is 1. The first kappa shape index (κ1) is 11.1. The molecule has 1 heterocycles. The van der Waals surface area contributed by atoms with Crippen molar-refractivity contribution in [1.29, 1.82) is 0 Å². The molecule has 0 bridgehead atoms. The second-order valence-electron chi connectivity index (χ2n) is 3.77. The summed E-state index contributed by atoms with van der Waals surface area (Å²) in [5.41, 5.74) is 0.531. The first-order chi connectivity index (χ1) is 7.77. The Bertz CT molecular complexity index is 356. The Morgan fingerprint density at radius 2 is 1.94 bits per heavy atom. The molecule has 16 heavy (non-hydrogen) atoms. The van der Waals surface area contributed by atoms with Crippen LogP contribution in [0.25, 0.3) is 0 Å². The van der Waals surface area contributed by atoms with Crippen LogP contribution in [0.4, 0.5) is 4.39 Å². The van der Waals surface area contributed by atoms with E-state index in [0.29, 0.717) is 31.9 Å². The molecule has 2 rings (SSSR count). The molecule has 1 aromatic carbocycles. The lowest BCUT2D eigenvalue weighted by molar-refractivity contribution is 0.0741. The molecule has 86 valence electrons. The van der Waals surface area contributed by atoms with Gasteiger partial charge in [0.05, 0.1) is 6.61 Å². The van der Waals surface area contributed by atoms with Gasteiger partial charge < -0.3 is 9.64 Å². The smallest absolute Gasteiger partial charge is 0.253 e. The summed E-state index contributed by atoms with van der Waals surface area (Å²) in [6.07, 6.45) is 0.854. The van der Waals surface area contributed by atoms with Crippen LogP contribution < -0.4 is 0 Å². The van der Waals surface area contributed by atoms with E-state index in [1.807, 2.05) is 0 Å². The molecular weight excluding hydrogens is 209 g/mol. The van der Waals surface area contributed by atoms with Crippen molar-refractivity contribution < 1.29 is 13.9 Å². The van der Waals surface area contributed by atoms with Crippen LogP contribution in [0.1, 0.15) is 16.8 Å². The number of nitrogens with zero attached hydrogens (tertiary/aromatic N) is 1. The van der Waals surface area contributed by atoms with E-state index in [9.17, 15) is 9.18 Å². The fourth-order valence-electron chi connectivity index (χ4n) is 1.72. The van der Waals surface area contributed by atoms with Gasteiger partial charge in [-0.25, -0.2) is 4.39 Å².